The van der Waals surface area contributed by atoms with Crippen molar-refractivity contribution in [1.82, 2.24) is 15.5 Å². The highest BCUT2D eigenvalue weighted by Crippen LogP contribution is 2.61. The minimum atomic E-state index is 0.0360. The summed E-state index contributed by atoms with van der Waals surface area (Å²) in [6.45, 7) is 0.784. The molecule has 1 aromatic carbocycles. The molecule has 1 N–H and O–H groups in total. The van der Waals surface area contributed by atoms with E-state index in [1.165, 1.54) is 50.3 Å². The summed E-state index contributed by atoms with van der Waals surface area (Å²) >= 11 is 1.28. The number of nitrogens with one attached hydrogen (secondary N) is 1. The van der Waals surface area contributed by atoms with E-state index in [1.54, 1.807) is 7.11 Å². The zero-order chi connectivity index (χ0) is 20.6. The Labute approximate surface area is 181 Å². The molecule has 0 saturated heterocycles. The summed E-state index contributed by atoms with van der Waals surface area (Å²) in [6.07, 6.45) is 9.69. The number of carbonyl (C=O) groups is 1. The molecule has 160 valence electrons. The van der Waals surface area contributed by atoms with Crippen LogP contribution in [0.5, 0.6) is 5.75 Å². The van der Waals surface area contributed by atoms with Gasteiger partial charge in [-0.15, -0.1) is 10.2 Å². The standard InChI is InChI=1S/C23H29N3O3S/c1-28-19-4-2-18(3-5-19)21-25-26-22(29-21)30-14-20(27)24-7-6-23-11-15-8-16(12-23)10-17(9-15)13-23/h2-5,15-17H,6-14H2,1H3,(H,24,27). The Balaban J connectivity index is 1.07. The van der Waals surface area contributed by atoms with E-state index in [4.69, 9.17) is 9.15 Å². The van der Waals surface area contributed by atoms with Gasteiger partial charge in [0.25, 0.3) is 5.22 Å². The predicted molar refractivity (Wildman–Crippen MR) is 115 cm³/mol. The summed E-state index contributed by atoms with van der Waals surface area (Å²) in [5, 5.41) is 11.7. The van der Waals surface area contributed by atoms with E-state index < -0.39 is 0 Å². The van der Waals surface area contributed by atoms with E-state index in [9.17, 15) is 4.79 Å². The third-order valence-corrected chi connectivity index (χ3v) is 8.03. The van der Waals surface area contributed by atoms with Gasteiger partial charge in [0, 0.05) is 12.1 Å². The largest absolute Gasteiger partial charge is 0.497 e. The Bertz CT molecular complexity index is 860. The van der Waals surface area contributed by atoms with Crippen LogP contribution in [0.1, 0.15) is 44.9 Å². The first-order chi connectivity index (χ1) is 14.6. The molecule has 6 rings (SSSR count). The third-order valence-electron chi connectivity index (χ3n) is 7.21. The van der Waals surface area contributed by atoms with E-state index in [0.29, 0.717) is 22.3 Å². The van der Waals surface area contributed by atoms with Crippen molar-refractivity contribution in [2.24, 2.45) is 23.2 Å². The van der Waals surface area contributed by atoms with Crippen molar-refractivity contribution >= 4 is 17.7 Å². The number of aromatic nitrogens is 2. The van der Waals surface area contributed by atoms with E-state index in [2.05, 4.69) is 15.5 Å². The van der Waals surface area contributed by atoms with Gasteiger partial charge in [-0.05, 0) is 92.4 Å². The van der Waals surface area contributed by atoms with Crippen LogP contribution in [0.4, 0.5) is 0 Å². The van der Waals surface area contributed by atoms with Gasteiger partial charge in [0.05, 0.1) is 12.9 Å². The highest BCUT2D eigenvalue weighted by molar-refractivity contribution is 7.99. The van der Waals surface area contributed by atoms with Gasteiger partial charge in [-0.1, -0.05) is 11.8 Å². The minimum absolute atomic E-state index is 0.0360. The molecule has 6 nitrogen and oxygen atoms in total. The highest BCUT2D eigenvalue weighted by Gasteiger charge is 2.50. The molecule has 1 amide bonds. The molecule has 0 atom stereocenters. The molecule has 30 heavy (non-hydrogen) atoms. The molecular weight excluding hydrogens is 398 g/mol. The number of hydrogen-bond donors (Lipinski definition) is 1. The average molecular weight is 428 g/mol. The second-order valence-corrected chi connectivity index (χ2v) is 10.3. The van der Waals surface area contributed by atoms with Crippen LogP contribution in [-0.2, 0) is 4.79 Å². The van der Waals surface area contributed by atoms with Gasteiger partial charge in [-0.2, -0.15) is 0 Å². The van der Waals surface area contributed by atoms with E-state index in [-0.39, 0.29) is 5.91 Å². The van der Waals surface area contributed by atoms with Crippen LogP contribution in [0.3, 0.4) is 0 Å². The Kier molecular flexibility index (Phi) is 5.48. The van der Waals surface area contributed by atoms with Gasteiger partial charge in [-0.25, -0.2) is 0 Å². The van der Waals surface area contributed by atoms with Crippen LogP contribution < -0.4 is 10.1 Å². The van der Waals surface area contributed by atoms with Crippen molar-refractivity contribution in [1.29, 1.82) is 0 Å². The number of nitrogens with zero attached hydrogens (tertiary/aromatic N) is 2. The number of benzene rings is 1. The molecule has 4 saturated carbocycles. The molecule has 1 aromatic heterocycles. The number of rotatable bonds is 8. The Morgan fingerprint density at radius 2 is 1.80 bits per heavy atom. The second kappa shape index (κ2) is 8.25. The van der Waals surface area contributed by atoms with Crippen molar-refractivity contribution < 1.29 is 13.9 Å². The fourth-order valence-electron chi connectivity index (χ4n) is 6.36. The lowest BCUT2D eigenvalue weighted by atomic mass is 9.49. The maximum Gasteiger partial charge on any atom is 0.277 e. The zero-order valence-electron chi connectivity index (χ0n) is 17.4. The third kappa shape index (κ3) is 4.22. The Hall–Kier alpha value is -2.02. The van der Waals surface area contributed by atoms with Gasteiger partial charge in [0.1, 0.15) is 5.75 Å². The summed E-state index contributed by atoms with van der Waals surface area (Å²) < 4.78 is 10.8. The monoisotopic (exact) mass is 427 g/mol. The first-order valence-electron chi connectivity index (χ1n) is 11.0. The number of thioether (sulfide) groups is 1. The molecule has 2 aromatic rings. The van der Waals surface area contributed by atoms with Crippen molar-refractivity contribution in [3.63, 3.8) is 0 Å². The maximum atomic E-state index is 12.3. The normalized spacial score (nSPS) is 29.2. The van der Waals surface area contributed by atoms with Gasteiger partial charge in [0.2, 0.25) is 11.8 Å². The molecule has 0 aliphatic heterocycles. The summed E-state index contributed by atoms with van der Waals surface area (Å²) in [5.74, 6) is 4.43. The van der Waals surface area contributed by atoms with Crippen LogP contribution in [0, 0.1) is 23.2 Å². The van der Waals surface area contributed by atoms with Crippen LogP contribution in [-0.4, -0.2) is 35.5 Å². The molecule has 4 aliphatic rings. The smallest absolute Gasteiger partial charge is 0.277 e. The first-order valence-corrected chi connectivity index (χ1v) is 12.0. The number of ether oxygens (including phenoxy) is 1. The van der Waals surface area contributed by atoms with Crippen LogP contribution in [0.2, 0.25) is 0 Å². The minimum Gasteiger partial charge on any atom is -0.497 e. The van der Waals surface area contributed by atoms with Crippen molar-refractivity contribution in [3.8, 4) is 17.2 Å². The van der Waals surface area contributed by atoms with Gasteiger partial charge in [0.15, 0.2) is 0 Å². The number of carbonyl (C=O) groups excluding carboxylic acids is 1. The van der Waals surface area contributed by atoms with Crippen LogP contribution in [0.25, 0.3) is 11.5 Å². The van der Waals surface area contributed by atoms with Crippen LogP contribution >= 0.6 is 11.8 Å². The summed E-state index contributed by atoms with van der Waals surface area (Å²) in [4.78, 5) is 12.3. The number of amides is 1. The van der Waals surface area contributed by atoms with Crippen molar-refractivity contribution in [2.75, 3.05) is 19.4 Å². The summed E-state index contributed by atoms with van der Waals surface area (Å²) in [5.41, 5.74) is 1.34. The maximum absolute atomic E-state index is 12.3. The van der Waals surface area contributed by atoms with Gasteiger partial charge >= 0.3 is 0 Å². The van der Waals surface area contributed by atoms with E-state index in [0.717, 1.165) is 42.0 Å². The first kappa shape index (κ1) is 19.9. The van der Waals surface area contributed by atoms with Crippen molar-refractivity contribution in [3.05, 3.63) is 24.3 Å². The fraction of sp³-hybridized carbons (Fsp3) is 0.609. The molecular formula is C23H29N3O3S. The SMILES string of the molecule is COc1ccc(-c2nnc(SCC(=O)NCCC34CC5CC(CC(C5)C3)C4)o2)cc1. The number of methoxy groups -OCH3 is 1. The molecule has 4 fully saturated rings. The number of hydrogen-bond acceptors (Lipinski definition) is 6. The van der Waals surface area contributed by atoms with Gasteiger partial charge < -0.3 is 14.5 Å². The average Bonchev–Trinajstić information content (AvgIpc) is 3.20. The predicted octanol–water partition coefficient (Wildman–Crippen LogP) is 4.56. The lowest BCUT2D eigenvalue weighted by molar-refractivity contribution is -0.119. The lowest BCUT2D eigenvalue weighted by Gasteiger charge is -2.57. The molecule has 4 bridgehead atoms. The van der Waals surface area contributed by atoms with Crippen LogP contribution in [0.15, 0.2) is 33.9 Å². The molecule has 1 heterocycles. The molecule has 7 heteroatoms. The van der Waals surface area contributed by atoms with Gasteiger partial charge in [-0.3, -0.25) is 4.79 Å². The fourth-order valence-corrected chi connectivity index (χ4v) is 6.95. The summed E-state index contributed by atoms with van der Waals surface area (Å²) in [7, 11) is 1.63. The second-order valence-electron chi connectivity index (χ2n) is 9.41. The molecule has 0 spiro atoms. The van der Waals surface area contributed by atoms with E-state index in [1.807, 2.05) is 24.3 Å². The van der Waals surface area contributed by atoms with E-state index >= 15 is 0 Å². The quantitative estimate of drug-likeness (QED) is 0.622. The highest BCUT2D eigenvalue weighted by atomic mass is 32.2. The Morgan fingerprint density at radius 1 is 1.13 bits per heavy atom. The molecule has 4 aliphatic carbocycles. The van der Waals surface area contributed by atoms with Crippen molar-refractivity contribution in [2.45, 2.75) is 50.2 Å². The zero-order valence-corrected chi connectivity index (χ0v) is 18.2. The molecule has 0 radical (unpaired) electrons. The topological polar surface area (TPSA) is 77.2 Å². The Morgan fingerprint density at radius 3 is 2.43 bits per heavy atom. The molecule has 0 unspecified atom stereocenters. The summed E-state index contributed by atoms with van der Waals surface area (Å²) in [6, 6.07) is 7.45. The lowest BCUT2D eigenvalue weighted by Crippen LogP contribution is -2.47.